The van der Waals surface area contributed by atoms with E-state index in [0.717, 1.165) is 28.5 Å². The third-order valence-corrected chi connectivity index (χ3v) is 4.43. The molecule has 0 spiro atoms. The Bertz CT molecular complexity index is 847. The summed E-state index contributed by atoms with van der Waals surface area (Å²) < 4.78 is 3.56. The Morgan fingerprint density at radius 3 is 2.95 bits per heavy atom. The van der Waals surface area contributed by atoms with Crippen LogP contribution in [0.15, 0.2) is 28.6 Å². The van der Waals surface area contributed by atoms with E-state index in [4.69, 9.17) is 0 Å². The Kier molecular flexibility index (Phi) is 4.08. The van der Waals surface area contributed by atoms with Crippen LogP contribution in [0.3, 0.4) is 0 Å². The van der Waals surface area contributed by atoms with Crippen molar-refractivity contribution < 1.29 is 0 Å². The standard InChI is InChI=1S/C15H19N5OS/c1-10-5-17-19(7-10)8-11(2)16-6-13-4-14(21)20-12(3)9-22-15(20)18-13/h4-5,7,9,11,16H,6,8H2,1-3H3/t11-/m0/s1. The number of hydrogen-bond acceptors (Lipinski definition) is 5. The number of thiazole rings is 1. The van der Waals surface area contributed by atoms with E-state index in [2.05, 4.69) is 22.3 Å². The van der Waals surface area contributed by atoms with Gasteiger partial charge in [-0.1, -0.05) is 0 Å². The lowest BCUT2D eigenvalue weighted by atomic mass is 10.3. The maximum absolute atomic E-state index is 12.1. The van der Waals surface area contributed by atoms with Crippen molar-refractivity contribution in [2.75, 3.05) is 0 Å². The molecular weight excluding hydrogens is 298 g/mol. The van der Waals surface area contributed by atoms with E-state index in [1.54, 1.807) is 10.5 Å². The summed E-state index contributed by atoms with van der Waals surface area (Å²) >= 11 is 1.49. The van der Waals surface area contributed by atoms with Gasteiger partial charge in [0.15, 0.2) is 4.96 Å². The lowest BCUT2D eigenvalue weighted by Crippen LogP contribution is -2.31. The molecule has 0 saturated heterocycles. The van der Waals surface area contributed by atoms with Crippen molar-refractivity contribution in [3.63, 3.8) is 0 Å². The van der Waals surface area contributed by atoms with Gasteiger partial charge in [0, 0.05) is 35.9 Å². The van der Waals surface area contributed by atoms with Crippen LogP contribution in [0, 0.1) is 13.8 Å². The number of aryl methyl sites for hydroxylation is 2. The van der Waals surface area contributed by atoms with Gasteiger partial charge in [0.05, 0.1) is 18.4 Å². The highest BCUT2D eigenvalue weighted by Gasteiger charge is 2.08. The van der Waals surface area contributed by atoms with Gasteiger partial charge < -0.3 is 5.32 Å². The molecule has 0 radical (unpaired) electrons. The van der Waals surface area contributed by atoms with Crippen LogP contribution in [0.1, 0.15) is 23.9 Å². The fraction of sp³-hybridized carbons (Fsp3) is 0.400. The van der Waals surface area contributed by atoms with Gasteiger partial charge in [0.25, 0.3) is 5.56 Å². The van der Waals surface area contributed by atoms with Crippen molar-refractivity contribution in [2.45, 2.75) is 39.9 Å². The fourth-order valence-electron chi connectivity index (χ4n) is 2.38. The molecule has 0 fully saturated rings. The molecule has 0 unspecified atom stereocenters. The van der Waals surface area contributed by atoms with Crippen molar-refractivity contribution >= 4 is 16.3 Å². The van der Waals surface area contributed by atoms with Gasteiger partial charge in [-0.3, -0.25) is 13.9 Å². The normalized spacial score (nSPS) is 12.9. The lowest BCUT2D eigenvalue weighted by Gasteiger charge is -2.13. The Labute approximate surface area is 132 Å². The third kappa shape index (κ3) is 3.10. The summed E-state index contributed by atoms with van der Waals surface area (Å²) in [5.41, 5.74) is 2.84. The average molecular weight is 317 g/mol. The molecule has 1 atom stereocenters. The summed E-state index contributed by atoms with van der Waals surface area (Å²) in [5, 5.41) is 9.61. The maximum atomic E-state index is 12.1. The van der Waals surface area contributed by atoms with E-state index in [0.29, 0.717) is 6.54 Å². The Morgan fingerprint density at radius 2 is 2.23 bits per heavy atom. The Hall–Kier alpha value is -1.99. The smallest absolute Gasteiger partial charge is 0.259 e. The molecule has 3 aromatic heterocycles. The second-order valence-corrected chi connectivity index (χ2v) is 6.44. The topological polar surface area (TPSA) is 64.2 Å². The van der Waals surface area contributed by atoms with Crippen molar-refractivity contribution in [3.8, 4) is 0 Å². The Morgan fingerprint density at radius 1 is 1.41 bits per heavy atom. The minimum atomic E-state index is -0.0177. The molecule has 0 bridgehead atoms. The summed E-state index contributed by atoms with van der Waals surface area (Å²) in [4.78, 5) is 17.4. The molecule has 0 aliphatic carbocycles. The molecule has 0 aliphatic heterocycles. The van der Waals surface area contributed by atoms with Crippen LogP contribution in [-0.4, -0.2) is 25.2 Å². The molecule has 0 saturated carbocycles. The summed E-state index contributed by atoms with van der Waals surface area (Å²) in [5.74, 6) is 0. The molecule has 3 heterocycles. The van der Waals surface area contributed by atoms with Gasteiger partial charge in [-0.25, -0.2) is 4.98 Å². The number of fused-ring (bicyclic) bond motifs is 1. The first kappa shape index (κ1) is 14.9. The van der Waals surface area contributed by atoms with E-state index < -0.39 is 0 Å². The zero-order valence-corrected chi connectivity index (χ0v) is 13.7. The summed E-state index contributed by atoms with van der Waals surface area (Å²) in [7, 11) is 0. The molecule has 22 heavy (non-hydrogen) atoms. The van der Waals surface area contributed by atoms with E-state index >= 15 is 0 Å². The highest BCUT2D eigenvalue weighted by molar-refractivity contribution is 7.15. The molecule has 1 N–H and O–H groups in total. The first-order valence-electron chi connectivity index (χ1n) is 7.22. The van der Waals surface area contributed by atoms with Gasteiger partial charge in [-0.05, 0) is 26.3 Å². The van der Waals surface area contributed by atoms with Crippen LogP contribution in [0.2, 0.25) is 0 Å². The highest BCUT2D eigenvalue weighted by Crippen LogP contribution is 2.11. The van der Waals surface area contributed by atoms with Crippen molar-refractivity contribution in [1.29, 1.82) is 0 Å². The number of rotatable bonds is 5. The number of hydrogen-bond donors (Lipinski definition) is 1. The molecular formula is C15H19N5OS. The second kappa shape index (κ2) is 6.02. The van der Waals surface area contributed by atoms with Crippen molar-refractivity contribution in [2.24, 2.45) is 0 Å². The molecule has 0 aliphatic rings. The quantitative estimate of drug-likeness (QED) is 0.778. The highest BCUT2D eigenvalue weighted by atomic mass is 32.1. The first-order chi connectivity index (χ1) is 10.5. The molecule has 0 aromatic carbocycles. The van der Waals surface area contributed by atoms with Crippen LogP contribution in [0.25, 0.3) is 4.96 Å². The SMILES string of the molecule is Cc1cnn(C[C@H](C)NCc2cc(=O)n3c(C)csc3n2)c1. The van der Waals surface area contributed by atoms with Crippen LogP contribution < -0.4 is 10.9 Å². The van der Waals surface area contributed by atoms with Gasteiger partial charge in [0.2, 0.25) is 0 Å². The van der Waals surface area contributed by atoms with Gasteiger partial charge in [-0.15, -0.1) is 11.3 Å². The average Bonchev–Trinajstić information content (AvgIpc) is 3.03. The molecule has 3 rings (SSSR count). The summed E-state index contributed by atoms with van der Waals surface area (Å²) in [6.07, 6.45) is 3.87. The van der Waals surface area contributed by atoms with E-state index in [1.165, 1.54) is 11.3 Å². The zero-order chi connectivity index (χ0) is 15.7. The van der Waals surface area contributed by atoms with Gasteiger partial charge in [-0.2, -0.15) is 5.10 Å². The second-order valence-electron chi connectivity index (χ2n) is 5.60. The minimum Gasteiger partial charge on any atom is -0.307 e. The lowest BCUT2D eigenvalue weighted by molar-refractivity contribution is 0.448. The molecule has 7 heteroatoms. The minimum absolute atomic E-state index is 0.0177. The number of nitrogens with one attached hydrogen (secondary N) is 1. The van der Waals surface area contributed by atoms with Gasteiger partial charge >= 0.3 is 0 Å². The predicted octanol–water partition coefficient (Wildman–Crippen LogP) is 1.75. The van der Waals surface area contributed by atoms with Crippen molar-refractivity contribution in [1.82, 2.24) is 24.5 Å². The molecule has 116 valence electrons. The maximum Gasteiger partial charge on any atom is 0.259 e. The molecule has 3 aromatic rings. The fourth-order valence-corrected chi connectivity index (χ4v) is 3.27. The van der Waals surface area contributed by atoms with Gasteiger partial charge in [0.1, 0.15) is 0 Å². The molecule has 0 amide bonds. The number of aromatic nitrogens is 4. The van der Waals surface area contributed by atoms with Crippen LogP contribution >= 0.6 is 11.3 Å². The first-order valence-corrected chi connectivity index (χ1v) is 8.10. The van der Waals surface area contributed by atoms with Crippen molar-refractivity contribution in [3.05, 3.63) is 51.1 Å². The van der Waals surface area contributed by atoms with E-state index in [9.17, 15) is 4.79 Å². The predicted molar refractivity (Wildman–Crippen MR) is 87.3 cm³/mol. The van der Waals surface area contributed by atoms with Crippen LogP contribution in [-0.2, 0) is 13.1 Å². The molecule has 6 nitrogen and oxygen atoms in total. The van der Waals surface area contributed by atoms with E-state index in [1.807, 2.05) is 36.3 Å². The largest absolute Gasteiger partial charge is 0.307 e. The number of nitrogens with zero attached hydrogens (tertiary/aromatic N) is 4. The van der Waals surface area contributed by atoms with Crippen LogP contribution in [0.4, 0.5) is 0 Å². The monoisotopic (exact) mass is 317 g/mol. The summed E-state index contributed by atoms with van der Waals surface area (Å²) in [6, 6.07) is 1.84. The Balaban J connectivity index is 1.67. The van der Waals surface area contributed by atoms with Crippen LogP contribution in [0.5, 0.6) is 0 Å². The zero-order valence-electron chi connectivity index (χ0n) is 12.9. The third-order valence-electron chi connectivity index (χ3n) is 3.48. The summed E-state index contributed by atoms with van der Waals surface area (Å²) in [6.45, 7) is 7.39. The van der Waals surface area contributed by atoms with E-state index in [-0.39, 0.29) is 11.6 Å².